The molecule has 0 aromatic heterocycles. The van der Waals surface area contributed by atoms with E-state index in [0.717, 1.165) is 13.0 Å². The van der Waals surface area contributed by atoms with Crippen molar-refractivity contribution in [1.82, 2.24) is 4.31 Å². The lowest BCUT2D eigenvalue weighted by molar-refractivity contribution is 0.208. The van der Waals surface area contributed by atoms with Crippen molar-refractivity contribution >= 4 is 11.4 Å². The van der Waals surface area contributed by atoms with Crippen LogP contribution in [-0.4, -0.2) is 21.7 Å². The van der Waals surface area contributed by atoms with Gasteiger partial charge in [-0.1, -0.05) is 37.3 Å². The Morgan fingerprint density at radius 3 is 2.56 bits per heavy atom. The molecule has 1 heterocycles. The fourth-order valence-corrected chi connectivity index (χ4v) is 3.45. The Hall–Kier alpha value is -0.510. The third-order valence-electron chi connectivity index (χ3n) is 3.29. The maximum Gasteiger partial charge on any atom is 0.115 e. The molecule has 16 heavy (non-hydrogen) atoms. The molecule has 0 aliphatic carbocycles. The van der Waals surface area contributed by atoms with Crippen molar-refractivity contribution in [1.29, 1.82) is 0 Å². The van der Waals surface area contributed by atoms with E-state index in [4.69, 9.17) is 0 Å². The van der Waals surface area contributed by atoms with Crippen molar-refractivity contribution in [3.05, 3.63) is 35.9 Å². The molecule has 0 spiro atoms. The summed E-state index contributed by atoms with van der Waals surface area (Å²) in [6, 6.07) is 10.8. The van der Waals surface area contributed by atoms with Gasteiger partial charge < -0.3 is 4.55 Å². The minimum Gasteiger partial charge on any atom is -0.598 e. The van der Waals surface area contributed by atoms with E-state index < -0.39 is 11.4 Å². The van der Waals surface area contributed by atoms with Gasteiger partial charge in [0.15, 0.2) is 0 Å². The van der Waals surface area contributed by atoms with E-state index in [0.29, 0.717) is 12.0 Å². The Kier molecular flexibility index (Phi) is 3.90. The zero-order valence-electron chi connectivity index (χ0n) is 9.93. The summed E-state index contributed by atoms with van der Waals surface area (Å²) in [5.74, 6) is 0.656. The first-order chi connectivity index (χ1) is 7.68. The highest BCUT2D eigenvalue weighted by atomic mass is 32.2. The lowest BCUT2D eigenvalue weighted by atomic mass is 9.92. The van der Waals surface area contributed by atoms with Crippen molar-refractivity contribution in [3.8, 4) is 0 Å². The molecule has 2 rings (SSSR count). The van der Waals surface area contributed by atoms with Crippen LogP contribution in [-0.2, 0) is 11.4 Å². The average Bonchev–Trinajstić information content (AvgIpc) is 2.30. The van der Waals surface area contributed by atoms with Gasteiger partial charge >= 0.3 is 0 Å². The molecule has 3 atom stereocenters. The molecular formula is C13H19NOS. The van der Waals surface area contributed by atoms with E-state index in [1.807, 2.05) is 6.07 Å². The Morgan fingerprint density at radius 2 is 1.94 bits per heavy atom. The molecule has 0 N–H and O–H groups in total. The molecule has 0 radical (unpaired) electrons. The minimum absolute atomic E-state index is 0.336. The number of hydrogen-bond acceptors (Lipinski definition) is 2. The predicted molar refractivity (Wildman–Crippen MR) is 68.4 cm³/mol. The summed E-state index contributed by atoms with van der Waals surface area (Å²) in [5.41, 5.74) is 1.30. The van der Waals surface area contributed by atoms with E-state index in [2.05, 4.69) is 35.5 Å². The summed E-state index contributed by atoms with van der Waals surface area (Å²) in [6.07, 6.45) is 4.13. The molecule has 0 bridgehead atoms. The molecule has 88 valence electrons. The highest BCUT2D eigenvalue weighted by Crippen LogP contribution is 2.34. The second kappa shape index (κ2) is 5.21. The first kappa shape index (κ1) is 12.0. The Balaban J connectivity index is 2.19. The van der Waals surface area contributed by atoms with Gasteiger partial charge in [-0.3, -0.25) is 0 Å². The number of benzene rings is 1. The number of hydrogen-bond donors (Lipinski definition) is 0. The van der Waals surface area contributed by atoms with E-state index in [1.165, 1.54) is 12.0 Å². The summed E-state index contributed by atoms with van der Waals surface area (Å²) in [7, 11) is 0. The number of piperidine rings is 1. The maximum atomic E-state index is 11.8. The zero-order valence-corrected chi connectivity index (χ0v) is 10.7. The molecule has 1 aromatic rings. The van der Waals surface area contributed by atoms with Crippen LogP contribution in [0.2, 0.25) is 0 Å². The first-order valence-corrected chi connectivity index (χ1v) is 7.35. The Morgan fingerprint density at radius 1 is 1.25 bits per heavy atom. The van der Waals surface area contributed by atoms with E-state index >= 15 is 0 Å². The first-order valence-electron chi connectivity index (χ1n) is 5.83. The van der Waals surface area contributed by atoms with E-state index in [-0.39, 0.29) is 0 Å². The maximum absolute atomic E-state index is 11.8. The van der Waals surface area contributed by atoms with E-state index in [1.54, 1.807) is 6.26 Å². The standard InChI is InChI=1S/C13H19NOS/c1-11-8-9-13(14(10-11)16(2)15)12-6-4-3-5-7-12/h3-7,11,13H,8-10H2,1-2H3. The molecule has 1 aromatic carbocycles. The van der Waals surface area contributed by atoms with Crippen molar-refractivity contribution in [2.24, 2.45) is 5.92 Å². The summed E-state index contributed by atoms with van der Waals surface area (Å²) in [5, 5.41) is 0. The zero-order chi connectivity index (χ0) is 11.5. The molecule has 1 aliphatic rings. The molecule has 3 unspecified atom stereocenters. The van der Waals surface area contributed by atoms with Gasteiger partial charge in [-0.05, 0) is 24.3 Å². The van der Waals surface area contributed by atoms with Crippen molar-refractivity contribution in [2.75, 3.05) is 12.8 Å². The van der Waals surface area contributed by atoms with Gasteiger partial charge in [-0.25, -0.2) is 0 Å². The molecule has 1 aliphatic heterocycles. The SMILES string of the molecule is CC1CCC(c2ccccc2)N([S+](C)[O-])C1. The topological polar surface area (TPSA) is 26.3 Å². The largest absolute Gasteiger partial charge is 0.598 e. The van der Waals surface area contributed by atoms with Crippen molar-refractivity contribution in [3.63, 3.8) is 0 Å². The smallest absolute Gasteiger partial charge is 0.115 e. The highest BCUT2D eigenvalue weighted by Gasteiger charge is 2.33. The van der Waals surface area contributed by atoms with Crippen LogP contribution in [0.5, 0.6) is 0 Å². The third kappa shape index (κ3) is 2.59. The van der Waals surface area contributed by atoms with Gasteiger partial charge in [-0.2, -0.15) is 0 Å². The van der Waals surface area contributed by atoms with Gasteiger partial charge in [0.25, 0.3) is 0 Å². The molecule has 1 saturated heterocycles. The highest BCUT2D eigenvalue weighted by molar-refractivity contribution is 7.88. The van der Waals surface area contributed by atoms with Crippen LogP contribution in [0.1, 0.15) is 31.4 Å². The van der Waals surface area contributed by atoms with Crippen LogP contribution in [0.25, 0.3) is 0 Å². The minimum atomic E-state index is -0.870. The summed E-state index contributed by atoms with van der Waals surface area (Å²) in [4.78, 5) is 0. The van der Waals surface area contributed by atoms with Gasteiger partial charge in [-0.15, -0.1) is 4.31 Å². The van der Waals surface area contributed by atoms with E-state index in [9.17, 15) is 4.55 Å². The van der Waals surface area contributed by atoms with Crippen LogP contribution < -0.4 is 0 Å². The predicted octanol–water partition coefficient (Wildman–Crippen LogP) is 2.75. The molecule has 1 fully saturated rings. The van der Waals surface area contributed by atoms with Crippen LogP contribution in [0, 0.1) is 5.92 Å². The van der Waals surface area contributed by atoms with Crippen LogP contribution in [0.3, 0.4) is 0 Å². The van der Waals surface area contributed by atoms with Crippen LogP contribution in [0.4, 0.5) is 0 Å². The normalized spacial score (nSPS) is 28.9. The van der Waals surface area contributed by atoms with Crippen LogP contribution in [0.15, 0.2) is 30.3 Å². The molecule has 0 saturated carbocycles. The second-order valence-electron chi connectivity index (χ2n) is 4.63. The van der Waals surface area contributed by atoms with Gasteiger partial charge in [0, 0.05) is 17.9 Å². The summed E-state index contributed by atoms with van der Waals surface area (Å²) >= 11 is -0.870. The van der Waals surface area contributed by atoms with Crippen molar-refractivity contribution in [2.45, 2.75) is 25.8 Å². The quantitative estimate of drug-likeness (QED) is 0.739. The number of nitrogens with zero attached hydrogens (tertiary/aromatic N) is 1. The van der Waals surface area contributed by atoms with Gasteiger partial charge in [0.2, 0.25) is 0 Å². The Bertz CT molecular complexity index is 328. The lowest BCUT2D eigenvalue weighted by Gasteiger charge is -2.36. The summed E-state index contributed by atoms with van der Waals surface area (Å²) < 4.78 is 13.9. The lowest BCUT2D eigenvalue weighted by Crippen LogP contribution is -2.40. The third-order valence-corrected chi connectivity index (χ3v) is 4.35. The Labute approximate surface area is 101 Å². The molecule has 0 amide bonds. The van der Waals surface area contributed by atoms with Gasteiger partial charge in [0.1, 0.15) is 6.26 Å². The fraction of sp³-hybridized carbons (Fsp3) is 0.538. The van der Waals surface area contributed by atoms with Gasteiger partial charge in [0.05, 0.1) is 6.04 Å². The monoisotopic (exact) mass is 237 g/mol. The average molecular weight is 237 g/mol. The fourth-order valence-electron chi connectivity index (χ4n) is 2.40. The molecule has 3 heteroatoms. The molecular weight excluding hydrogens is 218 g/mol. The molecule has 2 nitrogen and oxygen atoms in total. The second-order valence-corrected chi connectivity index (χ2v) is 5.95. The summed E-state index contributed by atoms with van der Waals surface area (Å²) in [6.45, 7) is 3.18. The number of rotatable bonds is 2. The van der Waals surface area contributed by atoms with Crippen molar-refractivity contribution < 1.29 is 4.55 Å². The van der Waals surface area contributed by atoms with Crippen LogP contribution >= 0.6 is 0 Å².